The maximum Gasteiger partial charge on any atom is 0.330 e. The molecule has 1 aliphatic rings. The standard InChI is InChI=1S/C29H27FN2O4/c1-20-18-32(28(34)31-27(20)33)26-17-24(30)25(36-26)19-35-29(21-11-5-2-6-12-21,22-13-7-3-8-14-22)23-15-9-4-10-16-23/h2-16,18,24-26H,17,19H2,1H3,(H,31,33,34)/t24-,25+,26+/m0/s1. The van der Waals surface area contributed by atoms with E-state index in [1.165, 1.54) is 10.8 Å². The Morgan fingerprint density at radius 3 is 1.92 bits per heavy atom. The highest BCUT2D eigenvalue weighted by atomic mass is 19.1. The maximum atomic E-state index is 15.2. The average Bonchev–Trinajstić information content (AvgIpc) is 3.28. The Hall–Kier alpha value is -3.81. The molecule has 0 amide bonds. The predicted molar refractivity (Wildman–Crippen MR) is 135 cm³/mol. The lowest BCUT2D eigenvalue weighted by Crippen LogP contribution is -2.37. The lowest BCUT2D eigenvalue weighted by molar-refractivity contribution is -0.0868. The van der Waals surface area contributed by atoms with Gasteiger partial charge < -0.3 is 9.47 Å². The molecule has 1 saturated heterocycles. The van der Waals surface area contributed by atoms with E-state index >= 15 is 4.39 Å². The number of H-pyrrole nitrogens is 1. The summed E-state index contributed by atoms with van der Waals surface area (Å²) >= 11 is 0. The fraction of sp³-hybridized carbons (Fsp3) is 0.241. The van der Waals surface area contributed by atoms with Crippen molar-refractivity contribution in [2.24, 2.45) is 0 Å². The fourth-order valence-corrected chi connectivity index (χ4v) is 4.79. The first-order valence-corrected chi connectivity index (χ1v) is 11.9. The number of nitrogens with one attached hydrogen (secondary N) is 1. The molecule has 6 nitrogen and oxygen atoms in total. The van der Waals surface area contributed by atoms with Crippen LogP contribution in [0.25, 0.3) is 0 Å². The van der Waals surface area contributed by atoms with Crippen molar-refractivity contribution < 1.29 is 13.9 Å². The Kier molecular flexibility index (Phi) is 6.67. The van der Waals surface area contributed by atoms with Gasteiger partial charge in [0.05, 0.1) is 6.61 Å². The van der Waals surface area contributed by atoms with Gasteiger partial charge in [-0.3, -0.25) is 14.3 Å². The van der Waals surface area contributed by atoms with Gasteiger partial charge in [-0.15, -0.1) is 0 Å². The van der Waals surface area contributed by atoms with Gasteiger partial charge in [-0.05, 0) is 23.6 Å². The Labute approximate surface area is 208 Å². The Morgan fingerprint density at radius 1 is 0.917 bits per heavy atom. The highest BCUT2D eigenvalue weighted by Crippen LogP contribution is 2.41. The van der Waals surface area contributed by atoms with E-state index in [1.54, 1.807) is 6.92 Å². The zero-order valence-electron chi connectivity index (χ0n) is 19.8. The summed E-state index contributed by atoms with van der Waals surface area (Å²) in [5.74, 6) is 0. The smallest absolute Gasteiger partial charge is 0.330 e. The molecule has 36 heavy (non-hydrogen) atoms. The number of ether oxygens (including phenoxy) is 2. The summed E-state index contributed by atoms with van der Waals surface area (Å²) in [5.41, 5.74) is 0.959. The number of hydrogen-bond acceptors (Lipinski definition) is 4. The van der Waals surface area contributed by atoms with Crippen LogP contribution in [0.1, 0.15) is 34.9 Å². The summed E-state index contributed by atoms with van der Waals surface area (Å²) in [7, 11) is 0. The van der Waals surface area contributed by atoms with Crippen molar-refractivity contribution in [2.75, 3.05) is 6.61 Å². The molecule has 3 aromatic carbocycles. The summed E-state index contributed by atoms with van der Waals surface area (Å²) in [6.07, 6.45) is -1.70. The molecule has 1 N–H and O–H groups in total. The number of aromatic nitrogens is 2. The zero-order chi connectivity index (χ0) is 25.1. The number of aromatic amines is 1. The first kappa shape index (κ1) is 23.9. The summed E-state index contributed by atoms with van der Waals surface area (Å²) in [6.45, 7) is 1.54. The molecule has 0 aliphatic carbocycles. The highest BCUT2D eigenvalue weighted by Gasteiger charge is 2.42. The summed E-state index contributed by atoms with van der Waals surface area (Å²) < 4.78 is 29.1. The second kappa shape index (κ2) is 10.0. The SMILES string of the molecule is Cc1cn([C@H]2C[C@H](F)[C@@H](COC(c3ccccc3)(c3ccccc3)c3ccccc3)O2)c(=O)[nH]c1=O. The lowest BCUT2D eigenvalue weighted by atomic mass is 9.80. The highest BCUT2D eigenvalue weighted by molar-refractivity contribution is 5.47. The van der Waals surface area contributed by atoms with E-state index in [2.05, 4.69) is 4.98 Å². The van der Waals surface area contributed by atoms with Crippen LogP contribution in [-0.4, -0.2) is 28.4 Å². The van der Waals surface area contributed by atoms with E-state index in [-0.39, 0.29) is 13.0 Å². The van der Waals surface area contributed by atoms with Crippen molar-refractivity contribution in [1.82, 2.24) is 9.55 Å². The van der Waals surface area contributed by atoms with Crippen molar-refractivity contribution in [3.05, 3.63) is 140 Å². The molecule has 1 aromatic heterocycles. The Bertz CT molecular complexity index is 1320. The number of nitrogens with zero attached hydrogens (tertiary/aromatic N) is 1. The molecule has 5 rings (SSSR count). The summed E-state index contributed by atoms with van der Waals surface area (Å²) in [6, 6.07) is 29.5. The van der Waals surface area contributed by atoms with Crippen molar-refractivity contribution in [1.29, 1.82) is 0 Å². The van der Waals surface area contributed by atoms with Gasteiger partial charge in [0, 0.05) is 18.2 Å². The fourth-order valence-electron chi connectivity index (χ4n) is 4.79. The van der Waals surface area contributed by atoms with Gasteiger partial charge in [0.15, 0.2) is 0 Å². The number of benzene rings is 3. The van der Waals surface area contributed by atoms with Crippen LogP contribution in [0.15, 0.2) is 107 Å². The molecule has 0 spiro atoms. The monoisotopic (exact) mass is 486 g/mol. The Morgan fingerprint density at radius 2 is 1.42 bits per heavy atom. The minimum absolute atomic E-state index is 0.0194. The number of hydrogen-bond donors (Lipinski definition) is 1. The predicted octanol–water partition coefficient (Wildman–Crippen LogP) is 4.48. The molecule has 3 atom stereocenters. The quantitative estimate of drug-likeness (QED) is 0.391. The molecule has 184 valence electrons. The molecular weight excluding hydrogens is 459 g/mol. The molecule has 4 aromatic rings. The first-order valence-electron chi connectivity index (χ1n) is 11.9. The molecule has 0 saturated carbocycles. The maximum absolute atomic E-state index is 15.2. The van der Waals surface area contributed by atoms with Crippen LogP contribution in [0.4, 0.5) is 4.39 Å². The molecular formula is C29H27FN2O4. The average molecular weight is 487 g/mol. The third-order valence-corrected chi connectivity index (χ3v) is 6.62. The number of aryl methyl sites for hydroxylation is 1. The second-order valence-corrected chi connectivity index (χ2v) is 8.95. The van der Waals surface area contributed by atoms with Gasteiger partial charge in [-0.25, -0.2) is 9.18 Å². The van der Waals surface area contributed by atoms with E-state index in [0.29, 0.717) is 5.56 Å². The molecule has 1 aliphatic heterocycles. The van der Waals surface area contributed by atoms with Gasteiger partial charge in [-0.1, -0.05) is 91.0 Å². The van der Waals surface area contributed by atoms with Crippen molar-refractivity contribution in [3.8, 4) is 0 Å². The van der Waals surface area contributed by atoms with Crippen molar-refractivity contribution in [3.63, 3.8) is 0 Å². The van der Waals surface area contributed by atoms with Gasteiger partial charge >= 0.3 is 5.69 Å². The summed E-state index contributed by atoms with van der Waals surface area (Å²) in [5, 5.41) is 0. The first-order chi connectivity index (χ1) is 17.5. The van der Waals surface area contributed by atoms with Crippen molar-refractivity contribution in [2.45, 2.75) is 37.4 Å². The van der Waals surface area contributed by atoms with Crippen molar-refractivity contribution >= 4 is 0 Å². The number of alkyl halides is 1. The van der Waals surface area contributed by atoms with Crippen LogP contribution in [0.2, 0.25) is 0 Å². The van der Waals surface area contributed by atoms with Gasteiger partial charge in [-0.2, -0.15) is 0 Å². The van der Waals surface area contributed by atoms with Gasteiger partial charge in [0.2, 0.25) is 0 Å². The molecule has 7 heteroatoms. The third kappa shape index (κ3) is 4.43. The van der Waals surface area contributed by atoms with E-state index in [1.807, 2.05) is 91.0 Å². The molecule has 1 fully saturated rings. The zero-order valence-corrected chi connectivity index (χ0v) is 19.8. The molecule has 0 unspecified atom stereocenters. The molecule has 2 heterocycles. The van der Waals surface area contributed by atoms with Crippen LogP contribution < -0.4 is 11.2 Å². The third-order valence-electron chi connectivity index (χ3n) is 6.62. The lowest BCUT2D eigenvalue weighted by Gasteiger charge is -2.36. The summed E-state index contributed by atoms with van der Waals surface area (Å²) in [4.78, 5) is 26.3. The molecule has 0 bridgehead atoms. The van der Waals surface area contributed by atoms with Crippen LogP contribution in [-0.2, 0) is 15.1 Å². The Balaban J connectivity index is 1.50. The topological polar surface area (TPSA) is 73.3 Å². The number of halogens is 1. The van der Waals surface area contributed by atoms with E-state index in [0.717, 1.165) is 16.7 Å². The molecule has 0 radical (unpaired) electrons. The van der Waals surface area contributed by atoms with Crippen LogP contribution in [0.5, 0.6) is 0 Å². The largest absolute Gasteiger partial charge is 0.358 e. The minimum atomic E-state index is -1.35. The van der Waals surface area contributed by atoms with E-state index in [4.69, 9.17) is 9.47 Å². The van der Waals surface area contributed by atoms with Gasteiger partial charge in [0.1, 0.15) is 24.1 Å². The van der Waals surface area contributed by atoms with Crippen LogP contribution >= 0.6 is 0 Å². The second-order valence-electron chi connectivity index (χ2n) is 8.95. The number of rotatable bonds is 7. The van der Waals surface area contributed by atoms with Crippen LogP contribution in [0.3, 0.4) is 0 Å². The minimum Gasteiger partial charge on any atom is -0.358 e. The van der Waals surface area contributed by atoms with Crippen LogP contribution in [0, 0.1) is 6.92 Å². The van der Waals surface area contributed by atoms with E-state index < -0.39 is 35.4 Å². The van der Waals surface area contributed by atoms with Gasteiger partial charge in [0.25, 0.3) is 5.56 Å². The normalized spacial score (nSPS) is 19.9. The van der Waals surface area contributed by atoms with E-state index in [9.17, 15) is 9.59 Å².